The molecule has 2 aliphatic rings. The number of benzene rings is 1. The third kappa shape index (κ3) is 5.93. The first-order valence-corrected chi connectivity index (χ1v) is 10.5. The fourth-order valence-electron chi connectivity index (χ4n) is 3.77. The Bertz CT molecular complexity index is 1040. The number of nitrogens with zero attached hydrogens (tertiary/aromatic N) is 2. The molecule has 0 saturated heterocycles. The fraction of sp³-hybridized carbons (Fsp3) is 0.524. The number of aromatic nitrogens is 2. The Morgan fingerprint density at radius 2 is 2.00 bits per heavy atom. The summed E-state index contributed by atoms with van der Waals surface area (Å²) in [6, 6.07) is 5.97. The zero-order chi connectivity index (χ0) is 24.5. The number of halogens is 6. The standard InChI is InChI=1S/C21H21F6N3O4/c22-20(23,24)11-32-6-4-12-1-2-16-13(7-12)8-14(10-33-16)28-19(31)15-9-18-30(29-15)5-3-17(34-18)21(25,26)27/h1-2,7,9,14,17H,3-6,8,10-11H2,(H,28,31)/t14-,17?/m1/s1. The van der Waals surface area contributed by atoms with E-state index in [0.717, 1.165) is 11.1 Å². The van der Waals surface area contributed by atoms with Crippen molar-refractivity contribution in [2.24, 2.45) is 0 Å². The summed E-state index contributed by atoms with van der Waals surface area (Å²) in [7, 11) is 0. The van der Waals surface area contributed by atoms with Crippen molar-refractivity contribution < 1.29 is 45.3 Å². The van der Waals surface area contributed by atoms with E-state index >= 15 is 0 Å². The van der Waals surface area contributed by atoms with E-state index in [1.165, 1.54) is 10.7 Å². The molecule has 0 fully saturated rings. The first kappa shape index (κ1) is 24.2. The highest BCUT2D eigenvalue weighted by Gasteiger charge is 2.44. The second kappa shape index (κ2) is 9.35. The van der Waals surface area contributed by atoms with Gasteiger partial charge in [0.25, 0.3) is 5.91 Å². The van der Waals surface area contributed by atoms with Gasteiger partial charge in [-0.2, -0.15) is 31.4 Å². The molecular weight excluding hydrogens is 472 g/mol. The Morgan fingerprint density at radius 1 is 1.21 bits per heavy atom. The van der Waals surface area contributed by atoms with E-state index < -0.39 is 37.0 Å². The van der Waals surface area contributed by atoms with E-state index in [0.29, 0.717) is 12.2 Å². The van der Waals surface area contributed by atoms with E-state index in [9.17, 15) is 31.1 Å². The van der Waals surface area contributed by atoms with Gasteiger partial charge in [0.05, 0.1) is 12.6 Å². The van der Waals surface area contributed by atoms with Crippen LogP contribution in [0.15, 0.2) is 24.3 Å². The number of alkyl halides is 6. The highest BCUT2D eigenvalue weighted by Crippen LogP contribution is 2.32. The lowest BCUT2D eigenvalue weighted by Gasteiger charge is -2.26. The van der Waals surface area contributed by atoms with Crippen molar-refractivity contribution >= 4 is 5.91 Å². The molecule has 7 nitrogen and oxygen atoms in total. The number of amides is 1. The molecule has 1 amide bonds. The van der Waals surface area contributed by atoms with Crippen LogP contribution in [0.4, 0.5) is 26.3 Å². The Morgan fingerprint density at radius 3 is 2.74 bits per heavy atom. The van der Waals surface area contributed by atoms with Crippen LogP contribution in [-0.4, -0.2) is 60.0 Å². The van der Waals surface area contributed by atoms with Gasteiger partial charge in [-0.3, -0.25) is 4.79 Å². The molecule has 3 heterocycles. The summed E-state index contributed by atoms with van der Waals surface area (Å²) in [4.78, 5) is 12.6. The predicted octanol–water partition coefficient (Wildman–Crippen LogP) is 3.45. The van der Waals surface area contributed by atoms with Crippen LogP contribution in [0.1, 0.15) is 28.0 Å². The highest BCUT2D eigenvalue weighted by atomic mass is 19.4. The first-order valence-electron chi connectivity index (χ1n) is 10.5. The van der Waals surface area contributed by atoms with Crippen LogP contribution in [0.3, 0.4) is 0 Å². The summed E-state index contributed by atoms with van der Waals surface area (Å²) in [6.07, 6.45) is -10.4. The third-order valence-corrected chi connectivity index (χ3v) is 5.37. The quantitative estimate of drug-likeness (QED) is 0.493. The largest absolute Gasteiger partial charge is 0.491 e. The minimum Gasteiger partial charge on any atom is -0.491 e. The van der Waals surface area contributed by atoms with Crippen molar-refractivity contribution in [1.82, 2.24) is 15.1 Å². The van der Waals surface area contributed by atoms with Crippen LogP contribution in [-0.2, 0) is 24.1 Å². The molecule has 1 aromatic heterocycles. The minimum atomic E-state index is -4.51. The van der Waals surface area contributed by atoms with Crippen LogP contribution in [0.2, 0.25) is 0 Å². The Labute approximate surface area is 190 Å². The van der Waals surface area contributed by atoms with Crippen molar-refractivity contribution in [3.05, 3.63) is 41.1 Å². The van der Waals surface area contributed by atoms with E-state index in [1.807, 2.05) is 0 Å². The fourth-order valence-corrected chi connectivity index (χ4v) is 3.77. The molecule has 2 aliphatic heterocycles. The normalized spacial score (nSPS) is 20.1. The Hall–Kier alpha value is -2.96. The second-order valence-electron chi connectivity index (χ2n) is 8.07. The lowest BCUT2D eigenvalue weighted by atomic mass is 9.99. The van der Waals surface area contributed by atoms with Gasteiger partial charge in [-0.15, -0.1) is 0 Å². The van der Waals surface area contributed by atoms with Gasteiger partial charge in [-0.05, 0) is 30.0 Å². The summed E-state index contributed by atoms with van der Waals surface area (Å²) in [6.45, 7) is -1.26. The molecule has 2 atom stereocenters. The summed E-state index contributed by atoms with van der Waals surface area (Å²) in [5.74, 6) is -0.0985. The number of carbonyl (C=O) groups is 1. The molecule has 1 N–H and O–H groups in total. The average molecular weight is 493 g/mol. The number of carbonyl (C=O) groups excluding carboxylic acids is 1. The lowest BCUT2D eigenvalue weighted by molar-refractivity contribution is -0.203. The van der Waals surface area contributed by atoms with E-state index in [2.05, 4.69) is 15.2 Å². The monoisotopic (exact) mass is 493 g/mol. The maximum Gasteiger partial charge on any atom is 0.425 e. The molecule has 34 heavy (non-hydrogen) atoms. The molecular formula is C21H21F6N3O4. The third-order valence-electron chi connectivity index (χ3n) is 5.37. The predicted molar refractivity (Wildman–Crippen MR) is 105 cm³/mol. The van der Waals surface area contributed by atoms with Crippen molar-refractivity contribution in [2.75, 3.05) is 19.8 Å². The molecule has 0 bridgehead atoms. The van der Waals surface area contributed by atoms with Crippen LogP contribution in [0.25, 0.3) is 0 Å². The lowest BCUT2D eigenvalue weighted by Crippen LogP contribution is -2.43. The van der Waals surface area contributed by atoms with Gasteiger partial charge in [0.2, 0.25) is 5.88 Å². The smallest absolute Gasteiger partial charge is 0.425 e. The van der Waals surface area contributed by atoms with Crippen LogP contribution in [0.5, 0.6) is 11.6 Å². The number of rotatable bonds is 6. The Balaban J connectivity index is 1.33. The summed E-state index contributed by atoms with van der Waals surface area (Å²) < 4.78 is 91.6. The molecule has 2 aromatic rings. The zero-order valence-electron chi connectivity index (χ0n) is 17.7. The molecule has 0 spiro atoms. The number of fused-ring (bicyclic) bond motifs is 2. The van der Waals surface area contributed by atoms with Crippen LogP contribution < -0.4 is 14.8 Å². The van der Waals surface area contributed by atoms with Gasteiger partial charge < -0.3 is 19.5 Å². The number of aryl methyl sites for hydroxylation is 1. The maximum atomic E-state index is 12.9. The summed E-state index contributed by atoms with van der Waals surface area (Å²) in [5.41, 5.74) is 1.46. The van der Waals surface area contributed by atoms with Crippen molar-refractivity contribution in [3.8, 4) is 11.6 Å². The average Bonchev–Trinajstić information content (AvgIpc) is 3.19. The number of hydrogen-bond acceptors (Lipinski definition) is 5. The van der Waals surface area contributed by atoms with E-state index in [-0.39, 0.29) is 44.2 Å². The molecule has 0 saturated carbocycles. The molecule has 4 rings (SSSR count). The minimum absolute atomic E-state index is 0.0256. The van der Waals surface area contributed by atoms with Crippen molar-refractivity contribution in [3.63, 3.8) is 0 Å². The Kier molecular flexibility index (Phi) is 6.65. The van der Waals surface area contributed by atoms with E-state index in [1.54, 1.807) is 18.2 Å². The van der Waals surface area contributed by atoms with Gasteiger partial charge in [0.1, 0.15) is 19.0 Å². The summed E-state index contributed by atoms with van der Waals surface area (Å²) in [5, 5.41) is 6.78. The molecule has 1 aromatic carbocycles. The van der Waals surface area contributed by atoms with Crippen molar-refractivity contribution in [2.45, 2.75) is 50.3 Å². The summed E-state index contributed by atoms with van der Waals surface area (Å²) >= 11 is 0. The van der Waals surface area contributed by atoms with Crippen LogP contribution in [0, 0.1) is 0 Å². The van der Waals surface area contributed by atoms with Gasteiger partial charge >= 0.3 is 12.4 Å². The molecule has 186 valence electrons. The zero-order valence-corrected chi connectivity index (χ0v) is 17.7. The molecule has 0 aliphatic carbocycles. The van der Waals surface area contributed by atoms with Gasteiger partial charge in [-0.1, -0.05) is 12.1 Å². The van der Waals surface area contributed by atoms with Gasteiger partial charge in [-0.25, -0.2) is 4.68 Å². The van der Waals surface area contributed by atoms with Gasteiger partial charge in [0, 0.05) is 19.0 Å². The number of hydrogen-bond donors (Lipinski definition) is 1. The first-order chi connectivity index (χ1) is 16.0. The maximum absolute atomic E-state index is 12.9. The number of nitrogens with one attached hydrogen (secondary N) is 1. The van der Waals surface area contributed by atoms with E-state index in [4.69, 9.17) is 9.47 Å². The molecule has 1 unspecified atom stereocenters. The molecule has 0 radical (unpaired) electrons. The van der Waals surface area contributed by atoms with Crippen molar-refractivity contribution in [1.29, 1.82) is 0 Å². The van der Waals surface area contributed by atoms with Crippen LogP contribution >= 0.6 is 0 Å². The second-order valence-corrected chi connectivity index (χ2v) is 8.07. The SMILES string of the molecule is O=C(N[C@H]1COc2ccc(CCOCC(F)(F)F)cc2C1)c1cc2n(n1)CCC(C(F)(F)F)O2. The highest BCUT2D eigenvalue weighted by molar-refractivity contribution is 5.92. The molecule has 13 heteroatoms. The number of ether oxygens (including phenoxy) is 3. The van der Waals surface area contributed by atoms with Gasteiger partial charge in [0.15, 0.2) is 11.8 Å². The topological polar surface area (TPSA) is 74.6 Å².